The summed E-state index contributed by atoms with van der Waals surface area (Å²) >= 11 is 0. The van der Waals surface area contributed by atoms with Crippen molar-refractivity contribution in [2.24, 2.45) is 0 Å². The minimum Gasteiger partial charge on any atom is -0.496 e. The summed E-state index contributed by atoms with van der Waals surface area (Å²) in [6.45, 7) is 8.89. The molecule has 104 valence electrons. The molecule has 1 atom stereocenters. The Morgan fingerprint density at radius 1 is 1.32 bits per heavy atom. The van der Waals surface area contributed by atoms with Gasteiger partial charge in [-0.05, 0) is 51.0 Å². The molecule has 1 aliphatic rings. The average molecular weight is 262 g/mol. The molecule has 1 fully saturated rings. The predicted molar refractivity (Wildman–Crippen MR) is 75.6 cm³/mol. The summed E-state index contributed by atoms with van der Waals surface area (Å²) in [6.07, 6.45) is 0. The van der Waals surface area contributed by atoms with Crippen LogP contribution < -0.4 is 10.1 Å². The zero-order chi connectivity index (χ0) is 14.2. The van der Waals surface area contributed by atoms with E-state index in [2.05, 4.69) is 25.2 Å². The smallest absolute Gasteiger partial charge is 0.318 e. The van der Waals surface area contributed by atoms with Crippen LogP contribution >= 0.6 is 0 Å². The number of carbonyl (C=O) groups excluding carboxylic acids is 1. The number of benzene rings is 1. The molecule has 0 aliphatic carbocycles. The van der Waals surface area contributed by atoms with Gasteiger partial charge in [-0.3, -0.25) is 0 Å². The summed E-state index contributed by atoms with van der Waals surface area (Å²) in [5.41, 5.74) is 3.47. The number of urea groups is 1. The lowest BCUT2D eigenvalue weighted by atomic mass is 10.00. The van der Waals surface area contributed by atoms with Crippen molar-refractivity contribution in [1.82, 2.24) is 10.2 Å². The van der Waals surface area contributed by atoms with E-state index >= 15 is 0 Å². The summed E-state index contributed by atoms with van der Waals surface area (Å²) < 4.78 is 5.45. The molecule has 1 aromatic rings. The number of nitrogens with one attached hydrogen (secondary N) is 1. The first kappa shape index (κ1) is 13.7. The van der Waals surface area contributed by atoms with Gasteiger partial charge in [0.1, 0.15) is 5.75 Å². The third-order valence-corrected chi connectivity index (χ3v) is 3.78. The van der Waals surface area contributed by atoms with Crippen LogP contribution in [0.15, 0.2) is 12.1 Å². The first-order chi connectivity index (χ1) is 8.93. The van der Waals surface area contributed by atoms with Crippen LogP contribution in [-0.4, -0.2) is 30.6 Å². The van der Waals surface area contributed by atoms with Crippen LogP contribution in [0.25, 0.3) is 0 Å². The second-order valence-electron chi connectivity index (χ2n) is 5.43. The fourth-order valence-corrected chi connectivity index (χ4v) is 2.44. The number of aryl methyl sites for hydroxylation is 2. The van der Waals surface area contributed by atoms with E-state index < -0.39 is 0 Å². The maximum atomic E-state index is 11.9. The van der Waals surface area contributed by atoms with Gasteiger partial charge in [0.25, 0.3) is 0 Å². The Balaban J connectivity index is 2.33. The Bertz CT molecular complexity index is 497. The lowest BCUT2D eigenvalue weighted by Gasteiger charge is -2.20. The Labute approximate surface area is 114 Å². The van der Waals surface area contributed by atoms with E-state index in [-0.39, 0.29) is 18.1 Å². The highest BCUT2D eigenvalue weighted by atomic mass is 16.5. The Hall–Kier alpha value is -1.71. The Morgan fingerprint density at radius 2 is 1.95 bits per heavy atom. The molecular formula is C15H22N2O2. The molecule has 4 heteroatoms. The molecule has 0 spiro atoms. The second kappa shape index (κ2) is 5.11. The van der Waals surface area contributed by atoms with Crippen molar-refractivity contribution in [3.63, 3.8) is 0 Å². The van der Waals surface area contributed by atoms with Gasteiger partial charge in [-0.2, -0.15) is 0 Å². The van der Waals surface area contributed by atoms with E-state index in [0.29, 0.717) is 6.54 Å². The van der Waals surface area contributed by atoms with Gasteiger partial charge in [0.05, 0.1) is 13.2 Å². The van der Waals surface area contributed by atoms with Crippen LogP contribution in [-0.2, 0) is 0 Å². The quantitative estimate of drug-likeness (QED) is 0.910. The molecule has 0 aromatic heterocycles. The summed E-state index contributed by atoms with van der Waals surface area (Å²) in [6, 6.07) is 4.37. The normalized spacial score (nSPS) is 18.9. The molecule has 1 aliphatic heterocycles. The molecule has 0 radical (unpaired) electrons. The zero-order valence-electron chi connectivity index (χ0n) is 12.3. The fraction of sp³-hybridized carbons (Fsp3) is 0.533. The first-order valence-electron chi connectivity index (χ1n) is 6.66. The zero-order valence-corrected chi connectivity index (χ0v) is 12.3. The molecule has 2 amide bonds. The summed E-state index contributed by atoms with van der Waals surface area (Å²) in [5.74, 6) is 0.846. The van der Waals surface area contributed by atoms with Crippen molar-refractivity contribution >= 4 is 6.03 Å². The highest BCUT2D eigenvalue weighted by Gasteiger charge is 2.32. The van der Waals surface area contributed by atoms with Crippen molar-refractivity contribution < 1.29 is 9.53 Å². The molecule has 0 bridgehead atoms. The summed E-state index contributed by atoms with van der Waals surface area (Å²) in [4.78, 5) is 13.8. The van der Waals surface area contributed by atoms with Gasteiger partial charge in [-0.15, -0.1) is 0 Å². The number of ether oxygens (including phenoxy) is 1. The Morgan fingerprint density at radius 3 is 2.47 bits per heavy atom. The fourth-order valence-electron chi connectivity index (χ4n) is 2.44. The average Bonchev–Trinajstić information content (AvgIpc) is 2.74. The molecule has 1 unspecified atom stereocenters. The van der Waals surface area contributed by atoms with Gasteiger partial charge in [-0.1, -0.05) is 0 Å². The number of nitrogens with zero attached hydrogens (tertiary/aromatic N) is 1. The topological polar surface area (TPSA) is 41.6 Å². The number of hydrogen-bond acceptors (Lipinski definition) is 2. The second-order valence-corrected chi connectivity index (χ2v) is 5.43. The number of amides is 2. The lowest BCUT2D eigenvalue weighted by Crippen LogP contribution is -2.33. The molecule has 0 saturated carbocycles. The minimum atomic E-state index is 0.000260. The van der Waals surface area contributed by atoms with Crippen molar-refractivity contribution in [2.45, 2.75) is 39.8 Å². The van der Waals surface area contributed by atoms with Crippen molar-refractivity contribution in [3.8, 4) is 5.75 Å². The molecule has 2 rings (SSSR count). The summed E-state index contributed by atoms with van der Waals surface area (Å²) in [7, 11) is 1.67. The number of hydrogen-bond donors (Lipinski definition) is 1. The number of carbonyl (C=O) groups is 1. The van der Waals surface area contributed by atoms with E-state index in [1.165, 1.54) is 11.1 Å². The van der Waals surface area contributed by atoms with Crippen LogP contribution in [0.1, 0.15) is 36.6 Å². The van der Waals surface area contributed by atoms with Crippen LogP contribution in [0.4, 0.5) is 4.79 Å². The maximum Gasteiger partial charge on any atom is 0.318 e. The largest absolute Gasteiger partial charge is 0.496 e. The van der Waals surface area contributed by atoms with Crippen molar-refractivity contribution in [2.75, 3.05) is 13.7 Å². The number of rotatable bonds is 3. The molecule has 1 saturated heterocycles. The van der Waals surface area contributed by atoms with Gasteiger partial charge in [0, 0.05) is 18.2 Å². The van der Waals surface area contributed by atoms with Gasteiger partial charge in [-0.25, -0.2) is 4.79 Å². The van der Waals surface area contributed by atoms with Crippen LogP contribution in [0, 0.1) is 13.8 Å². The molecule has 1 aromatic carbocycles. The SMILES string of the molecule is COc1cc(C)c(C)cc1C1CN(C(C)C)C(=O)N1. The van der Waals surface area contributed by atoms with E-state index in [4.69, 9.17) is 4.74 Å². The monoisotopic (exact) mass is 262 g/mol. The summed E-state index contributed by atoms with van der Waals surface area (Å²) in [5, 5.41) is 3.03. The van der Waals surface area contributed by atoms with Crippen LogP contribution in [0.2, 0.25) is 0 Å². The first-order valence-corrected chi connectivity index (χ1v) is 6.66. The van der Waals surface area contributed by atoms with E-state index in [1.54, 1.807) is 7.11 Å². The molecule has 19 heavy (non-hydrogen) atoms. The lowest BCUT2D eigenvalue weighted by molar-refractivity contribution is 0.206. The molecular weight excluding hydrogens is 240 g/mol. The van der Waals surface area contributed by atoms with Crippen LogP contribution in [0.5, 0.6) is 5.75 Å². The third kappa shape index (κ3) is 2.53. The van der Waals surface area contributed by atoms with Gasteiger partial charge >= 0.3 is 6.03 Å². The van der Waals surface area contributed by atoms with E-state index in [9.17, 15) is 4.79 Å². The molecule has 1 heterocycles. The van der Waals surface area contributed by atoms with Crippen molar-refractivity contribution in [3.05, 3.63) is 28.8 Å². The maximum absolute atomic E-state index is 11.9. The predicted octanol–water partition coefficient (Wildman–Crippen LogP) is 2.79. The van der Waals surface area contributed by atoms with Crippen molar-refractivity contribution in [1.29, 1.82) is 0 Å². The van der Waals surface area contributed by atoms with Gasteiger partial charge in [0.15, 0.2) is 0 Å². The van der Waals surface area contributed by atoms with Gasteiger partial charge < -0.3 is 15.0 Å². The van der Waals surface area contributed by atoms with E-state index in [1.807, 2.05) is 24.8 Å². The van der Waals surface area contributed by atoms with E-state index in [0.717, 1.165) is 11.3 Å². The highest BCUT2D eigenvalue weighted by molar-refractivity contribution is 5.77. The number of methoxy groups -OCH3 is 1. The molecule has 4 nitrogen and oxygen atoms in total. The molecule has 1 N–H and O–H groups in total. The highest BCUT2D eigenvalue weighted by Crippen LogP contribution is 2.31. The van der Waals surface area contributed by atoms with Crippen LogP contribution in [0.3, 0.4) is 0 Å². The third-order valence-electron chi connectivity index (χ3n) is 3.78. The van der Waals surface area contributed by atoms with Gasteiger partial charge in [0.2, 0.25) is 0 Å². The standard InChI is InChI=1S/C15H22N2O2/c1-9(2)17-8-13(16-15(17)18)12-6-10(3)11(4)7-14(12)19-5/h6-7,9,13H,8H2,1-5H3,(H,16,18). The minimum absolute atomic E-state index is 0.000260. The Kier molecular flexibility index (Phi) is 3.69.